The van der Waals surface area contributed by atoms with Gasteiger partial charge in [-0.15, -0.1) is 0 Å². The smallest absolute Gasteiger partial charge is 0.187 e. The Morgan fingerprint density at radius 1 is 1.10 bits per heavy atom. The first-order valence-electron chi connectivity index (χ1n) is 11.0. The van der Waals surface area contributed by atoms with E-state index in [1.807, 2.05) is 24.3 Å². The standard InChI is InChI=1S/C26H32N2O2S/c1-20-7-9-23(10-8-20)11-12-26(18-28-14-13-27-19-28)29-15-24(30-26)16-31-17-25-21(2)5-4-6-22(25)3/h4-10,13-14,19,24H,11-12,15-18H2,1-3H3. The largest absolute Gasteiger partial charge is 0.345 e. The number of imidazole rings is 1. The van der Waals surface area contributed by atoms with Gasteiger partial charge in [-0.25, -0.2) is 4.98 Å². The molecule has 4 rings (SSSR count). The van der Waals surface area contributed by atoms with Gasteiger partial charge in [-0.2, -0.15) is 11.8 Å². The Balaban J connectivity index is 1.37. The van der Waals surface area contributed by atoms with Crippen molar-refractivity contribution in [3.63, 3.8) is 0 Å². The number of hydrogen-bond donors (Lipinski definition) is 0. The lowest BCUT2D eigenvalue weighted by Gasteiger charge is -2.28. The molecule has 0 bridgehead atoms. The van der Waals surface area contributed by atoms with Crippen LogP contribution in [0.15, 0.2) is 61.2 Å². The van der Waals surface area contributed by atoms with Crippen molar-refractivity contribution < 1.29 is 9.47 Å². The van der Waals surface area contributed by atoms with Crippen LogP contribution < -0.4 is 0 Å². The van der Waals surface area contributed by atoms with E-state index < -0.39 is 5.79 Å². The fourth-order valence-electron chi connectivity index (χ4n) is 4.11. The number of ether oxygens (including phenoxy) is 2. The lowest BCUT2D eigenvalue weighted by Crippen LogP contribution is -2.37. The van der Waals surface area contributed by atoms with E-state index in [0.717, 1.165) is 24.3 Å². The molecule has 1 aliphatic rings. The van der Waals surface area contributed by atoms with Crippen molar-refractivity contribution in [1.29, 1.82) is 0 Å². The topological polar surface area (TPSA) is 36.3 Å². The summed E-state index contributed by atoms with van der Waals surface area (Å²) >= 11 is 1.93. The second-order valence-electron chi connectivity index (χ2n) is 8.57. The van der Waals surface area contributed by atoms with Gasteiger partial charge in [0.1, 0.15) is 0 Å². The monoisotopic (exact) mass is 436 g/mol. The van der Waals surface area contributed by atoms with Crippen LogP contribution in [-0.4, -0.2) is 33.8 Å². The van der Waals surface area contributed by atoms with Crippen LogP contribution in [0.3, 0.4) is 0 Å². The van der Waals surface area contributed by atoms with E-state index in [0.29, 0.717) is 13.2 Å². The molecule has 2 unspecified atom stereocenters. The highest BCUT2D eigenvalue weighted by atomic mass is 32.2. The highest BCUT2D eigenvalue weighted by molar-refractivity contribution is 7.98. The molecule has 0 spiro atoms. The quantitative estimate of drug-likeness (QED) is 0.445. The van der Waals surface area contributed by atoms with Gasteiger partial charge in [-0.3, -0.25) is 0 Å². The van der Waals surface area contributed by atoms with Crippen LogP contribution in [0.1, 0.15) is 34.2 Å². The van der Waals surface area contributed by atoms with Crippen LogP contribution in [0, 0.1) is 20.8 Å². The summed E-state index contributed by atoms with van der Waals surface area (Å²) < 4.78 is 15.0. The van der Waals surface area contributed by atoms with Gasteiger partial charge in [0.2, 0.25) is 0 Å². The minimum absolute atomic E-state index is 0.107. The van der Waals surface area contributed by atoms with Gasteiger partial charge in [0.05, 0.1) is 25.6 Å². The molecule has 0 radical (unpaired) electrons. The first-order valence-corrected chi connectivity index (χ1v) is 12.1. The van der Waals surface area contributed by atoms with E-state index in [1.165, 1.54) is 27.8 Å². The molecule has 3 aromatic rings. The Morgan fingerprint density at radius 2 is 1.87 bits per heavy atom. The minimum atomic E-state index is -0.602. The van der Waals surface area contributed by atoms with Gasteiger partial charge in [-0.1, -0.05) is 48.0 Å². The molecule has 2 heterocycles. The van der Waals surface area contributed by atoms with Crippen LogP contribution in [0.25, 0.3) is 0 Å². The van der Waals surface area contributed by atoms with E-state index in [9.17, 15) is 0 Å². The molecule has 4 nitrogen and oxygen atoms in total. The summed E-state index contributed by atoms with van der Waals surface area (Å²) in [5.74, 6) is 1.34. The summed E-state index contributed by atoms with van der Waals surface area (Å²) in [6.07, 6.45) is 7.48. The third-order valence-corrected chi connectivity index (χ3v) is 7.11. The normalized spacial score (nSPS) is 20.9. The Bertz CT molecular complexity index is 951. The molecule has 2 atom stereocenters. The molecule has 1 aromatic heterocycles. The van der Waals surface area contributed by atoms with Gasteiger partial charge in [-0.05, 0) is 49.4 Å². The number of thioether (sulfide) groups is 1. The predicted octanol–water partition coefficient (Wildman–Crippen LogP) is 5.49. The summed E-state index contributed by atoms with van der Waals surface area (Å²) in [6.45, 7) is 7.81. The molecule has 0 N–H and O–H groups in total. The van der Waals surface area contributed by atoms with Crippen LogP contribution in [-0.2, 0) is 28.2 Å². The number of benzene rings is 2. The van der Waals surface area contributed by atoms with E-state index in [2.05, 4.69) is 72.8 Å². The van der Waals surface area contributed by atoms with Gasteiger partial charge in [0.15, 0.2) is 5.79 Å². The van der Waals surface area contributed by atoms with Crippen molar-refractivity contribution in [2.45, 2.75) is 57.8 Å². The summed E-state index contributed by atoms with van der Waals surface area (Å²) in [6, 6.07) is 15.3. The van der Waals surface area contributed by atoms with Crippen molar-refractivity contribution in [2.24, 2.45) is 0 Å². The molecule has 164 valence electrons. The Labute approximate surface area is 190 Å². The second kappa shape index (κ2) is 10.0. The van der Waals surface area contributed by atoms with Gasteiger partial charge in [0, 0.05) is 30.3 Å². The first kappa shape index (κ1) is 22.1. The van der Waals surface area contributed by atoms with E-state index >= 15 is 0 Å². The maximum absolute atomic E-state index is 6.57. The highest BCUT2D eigenvalue weighted by Crippen LogP contribution is 2.33. The average Bonchev–Trinajstić information content (AvgIpc) is 3.41. The van der Waals surface area contributed by atoms with Crippen molar-refractivity contribution >= 4 is 11.8 Å². The third kappa shape index (κ3) is 5.79. The number of nitrogens with zero attached hydrogens (tertiary/aromatic N) is 2. The maximum atomic E-state index is 6.57. The SMILES string of the molecule is Cc1ccc(CCC2(Cn3ccnc3)OCC(CSCc3c(C)cccc3C)O2)cc1. The third-order valence-electron chi connectivity index (χ3n) is 6.01. The summed E-state index contributed by atoms with van der Waals surface area (Å²) in [7, 11) is 0. The zero-order valence-electron chi connectivity index (χ0n) is 18.7. The molecule has 1 fully saturated rings. The molecule has 2 aromatic carbocycles. The van der Waals surface area contributed by atoms with Crippen molar-refractivity contribution in [2.75, 3.05) is 12.4 Å². The Hall–Kier alpha value is -2.08. The van der Waals surface area contributed by atoms with Crippen molar-refractivity contribution in [1.82, 2.24) is 9.55 Å². The van der Waals surface area contributed by atoms with Crippen LogP contribution in [0.5, 0.6) is 0 Å². The fourth-order valence-corrected chi connectivity index (χ4v) is 5.31. The number of hydrogen-bond acceptors (Lipinski definition) is 4. The summed E-state index contributed by atoms with van der Waals surface area (Å²) in [4.78, 5) is 4.19. The lowest BCUT2D eigenvalue weighted by molar-refractivity contribution is -0.180. The van der Waals surface area contributed by atoms with E-state index in [-0.39, 0.29) is 6.10 Å². The minimum Gasteiger partial charge on any atom is -0.345 e. The summed E-state index contributed by atoms with van der Waals surface area (Å²) in [5.41, 5.74) is 6.77. The molecular formula is C26H32N2O2S. The molecule has 1 aliphatic heterocycles. The first-order chi connectivity index (χ1) is 15.0. The molecular weight excluding hydrogens is 404 g/mol. The van der Waals surface area contributed by atoms with Gasteiger partial charge < -0.3 is 14.0 Å². The molecule has 0 saturated carbocycles. The van der Waals surface area contributed by atoms with Crippen LogP contribution in [0.4, 0.5) is 0 Å². The Morgan fingerprint density at radius 3 is 2.58 bits per heavy atom. The lowest BCUT2D eigenvalue weighted by atomic mass is 10.0. The second-order valence-corrected chi connectivity index (χ2v) is 9.60. The molecule has 1 saturated heterocycles. The summed E-state index contributed by atoms with van der Waals surface area (Å²) in [5, 5.41) is 0. The predicted molar refractivity (Wildman–Crippen MR) is 127 cm³/mol. The average molecular weight is 437 g/mol. The zero-order valence-corrected chi connectivity index (χ0v) is 19.5. The fraction of sp³-hybridized carbons (Fsp3) is 0.423. The van der Waals surface area contributed by atoms with Gasteiger partial charge in [0.25, 0.3) is 0 Å². The van der Waals surface area contributed by atoms with E-state index in [4.69, 9.17) is 9.47 Å². The number of aryl methyl sites for hydroxylation is 4. The van der Waals surface area contributed by atoms with Crippen molar-refractivity contribution in [3.05, 3.63) is 89.0 Å². The number of aromatic nitrogens is 2. The maximum Gasteiger partial charge on any atom is 0.187 e. The molecule has 0 aliphatic carbocycles. The zero-order chi connectivity index (χ0) is 21.7. The van der Waals surface area contributed by atoms with Crippen LogP contribution in [0.2, 0.25) is 0 Å². The molecule has 31 heavy (non-hydrogen) atoms. The van der Waals surface area contributed by atoms with Crippen LogP contribution >= 0.6 is 11.8 Å². The van der Waals surface area contributed by atoms with Crippen molar-refractivity contribution in [3.8, 4) is 0 Å². The molecule has 0 amide bonds. The van der Waals surface area contributed by atoms with Gasteiger partial charge >= 0.3 is 0 Å². The Kier molecular flexibility index (Phi) is 7.16. The number of rotatable bonds is 9. The van der Waals surface area contributed by atoms with E-state index in [1.54, 1.807) is 6.20 Å². The molecule has 5 heteroatoms. The highest BCUT2D eigenvalue weighted by Gasteiger charge is 2.41.